The first-order valence-electron chi connectivity index (χ1n) is 8.36. The van der Waals surface area contributed by atoms with Gasteiger partial charge in [-0.25, -0.2) is 4.79 Å². The summed E-state index contributed by atoms with van der Waals surface area (Å²) in [6.45, 7) is 1.52. The van der Waals surface area contributed by atoms with E-state index in [0.717, 1.165) is 0 Å². The minimum atomic E-state index is -10.3. The van der Waals surface area contributed by atoms with Crippen LogP contribution in [0.4, 0.5) is 32.6 Å². The van der Waals surface area contributed by atoms with E-state index >= 15 is 0 Å². The molecule has 3 rings (SSSR count). The third-order valence-corrected chi connectivity index (χ3v) is 5.59. The summed E-state index contributed by atoms with van der Waals surface area (Å²) >= 11 is 0. The summed E-state index contributed by atoms with van der Waals surface area (Å²) in [6.07, 6.45) is -7.24. The summed E-state index contributed by atoms with van der Waals surface area (Å²) in [4.78, 5) is 12.8. The number of aromatic nitrogens is 1. The standard InChI is InChI=1S/C18H13F8NO3S/c1-9-3-2-4-27-14(9)8-11-6-12(31(22,23,24,25)26)5-10-7-13(17(28)29)16(18(19,20)21)30-15(10)11/h2-7,16H,8H2,1H3,(H,28,29). The Morgan fingerprint density at radius 3 is 2.35 bits per heavy atom. The summed E-state index contributed by atoms with van der Waals surface area (Å²) in [5.74, 6) is -2.89. The van der Waals surface area contributed by atoms with Gasteiger partial charge in [0.2, 0.25) is 6.10 Å². The third kappa shape index (κ3) is 4.75. The second kappa shape index (κ2) is 6.34. The van der Waals surface area contributed by atoms with Crippen molar-refractivity contribution in [2.24, 2.45) is 0 Å². The lowest BCUT2D eigenvalue weighted by Crippen LogP contribution is -2.40. The molecule has 0 saturated heterocycles. The van der Waals surface area contributed by atoms with Crippen LogP contribution in [0.2, 0.25) is 0 Å². The van der Waals surface area contributed by atoms with Crippen molar-refractivity contribution in [2.75, 3.05) is 0 Å². The number of halogens is 8. The number of carboxylic acid groups (broad SMARTS) is 1. The predicted octanol–water partition coefficient (Wildman–Crippen LogP) is 6.43. The topological polar surface area (TPSA) is 59.4 Å². The van der Waals surface area contributed by atoms with Gasteiger partial charge in [0.25, 0.3) is 0 Å². The lowest BCUT2D eigenvalue weighted by molar-refractivity contribution is -0.187. The molecule has 31 heavy (non-hydrogen) atoms. The molecule has 0 aliphatic carbocycles. The molecule has 1 N–H and O–H groups in total. The lowest BCUT2D eigenvalue weighted by atomic mass is 9.96. The molecule has 170 valence electrons. The number of fused-ring (bicyclic) bond motifs is 1. The van der Waals surface area contributed by atoms with Crippen LogP contribution in [-0.4, -0.2) is 28.3 Å². The Morgan fingerprint density at radius 1 is 1.19 bits per heavy atom. The average Bonchev–Trinajstić information content (AvgIpc) is 2.59. The molecule has 4 nitrogen and oxygen atoms in total. The van der Waals surface area contributed by atoms with Crippen molar-refractivity contribution >= 4 is 22.3 Å². The smallest absolute Gasteiger partial charge is 0.430 e. The fourth-order valence-electron chi connectivity index (χ4n) is 3.01. The van der Waals surface area contributed by atoms with Crippen molar-refractivity contribution < 1.29 is 47.2 Å². The van der Waals surface area contributed by atoms with Crippen LogP contribution < -0.4 is 4.74 Å². The Bertz CT molecular complexity index is 1110. The molecule has 13 heteroatoms. The fraction of sp³-hybridized carbons (Fsp3) is 0.222. The second-order valence-electron chi connectivity index (χ2n) is 6.86. The van der Waals surface area contributed by atoms with Crippen LogP contribution in [0.5, 0.6) is 5.75 Å². The molecule has 0 amide bonds. The van der Waals surface area contributed by atoms with Crippen LogP contribution in [0.1, 0.15) is 22.4 Å². The van der Waals surface area contributed by atoms with Gasteiger partial charge in [0.05, 0.1) is 5.57 Å². The van der Waals surface area contributed by atoms with Gasteiger partial charge in [-0.2, -0.15) is 13.2 Å². The van der Waals surface area contributed by atoms with E-state index in [0.29, 0.717) is 5.56 Å². The number of aryl methyl sites for hydroxylation is 1. The molecule has 0 saturated carbocycles. The highest BCUT2D eigenvalue weighted by Gasteiger charge is 2.66. The van der Waals surface area contributed by atoms with Crippen molar-refractivity contribution in [1.29, 1.82) is 0 Å². The Morgan fingerprint density at radius 2 is 1.84 bits per heavy atom. The molecular formula is C18H13F8NO3S. The van der Waals surface area contributed by atoms with Gasteiger partial charge in [0, 0.05) is 29.4 Å². The van der Waals surface area contributed by atoms with Crippen molar-refractivity contribution in [3.8, 4) is 5.75 Å². The monoisotopic (exact) mass is 475 g/mol. The van der Waals surface area contributed by atoms with E-state index in [1.807, 2.05) is 0 Å². The van der Waals surface area contributed by atoms with Gasteiger partial charge in [-0.15, -0.1) is 0 Å². The number of rotatable bonds is 4. The molecule has 1 atom stereocenters. The van der Waals surface area contributed by atoms with Crippen LogP contribution in [-0.2, 0) is 11.2 Å². The first-order chi connectivity index (χ1) is 13.9. The number of alkyl halides is 3. The van der Waals surface area contributed by atoms with Gasteiger partial charge in [-0.05, 0) is 36.8 Å². The molecular weight excluding hydrogens is 462 g/mol. The van der Waals surface area contributed by atoms with Crippen LogP contribution in [0.15, 0.2) is 40.9 Å². The number of carbonyl (C=O) groups is 1. The number of hydrogen-bond donors (Lipinski definition) is 1. The summed E-state index contributed by atoms with van der Waals surface area (Å²) in [5, 5.41) is 9.05. The maximum absolute atomic E-state index is 13.5. The normalized spacial score (nSPS) is 18.9. The molecule has 1 aliphatic heterocycles. The van der Waals surface area contributed by atoms with Gasteiger partial charge >= 0.3 is 22.4 Å². The number of benzene rings is 1. The maximum atomic E-state index is 13.5. The van der Waals surface area contributed by atoms with Crippen molar-refractivity contribution in [3.63, 3.8) is 0 Å². The van der Waals surface area contributed by atoms with Crippen LogP contribution in [0.3, 0.4) is 0 Å². The highest BCUT2D eigenvalue weighted by atomic mass is 32.5. The van der Waals surface area contributed by atoms with Gasteiger partial charge in [-0.3, -0.25) is 4.98 Å². The van der Waals surface area contributed by atoms with Crippen molar-refractivity contribution in [3.05, 3.63) is 58.4 Å². The predicted molar refractivity (Wildman–Crippen MR) is 95.7 cm³/mol. The first-order valence-corrected chi connectivity index (χ1v) is 10.3. The number of pyridine rings is 1. The Kier molecular flexibility index (Phi) is 4.67. The van der Waals surface area contributed by atoms with E-state index in [9.17, 15) is 37.4 Å². The molecule has 1 aromatic heterocycles. The summed E-state index contributed by atoms with van der Waals surface area (Å²) in [6, 6.07) is 2.92. The number of nitrogens with zero attached hydrogens (tertiary/aromatic N) is 1. The zero-order valence-corrected chi connectivity index (χ0v) is 16.2. The highest BCUT2D eigenvalue weighted by molar-refractivity contribution is 8.45. The van der Waals surface area contributed by atoms with E-state index in [-0.39, 0.29) is 23.9 Å². The Labute approximate surface area is 169 Å². The molecule has 0 fully saturated rings. The fourth-order valence-corrected chi connectivity index (χ4v) is 3.73. The largest absolute Gasteiger partial charge is 0.478 e. The van der Waals surface area contributed by atoms with Crippen molar-refractivity contribution in [2.45, 2.75) is 30.5 Å². The van der Waals surface area contributed by atoms with E-state index in [2.05, 4.69) is 4.98 Å². The Hall–Kier alpha value is -2.83. The molecule has 2 heterocycles. The zero-order chi connectivity index (χ0) is 23.5. The molecule has 0 radical (unpaired) electrons. The first kappa shape index (κ1) is 22.8. The summed E-state index contributed by atoms with van der Waals surface area (Å²) in [5.41, 5.74) is -2.37. The average molecular weight is 475 g/mol. The molecule has 1 aromatic carbocycles. The summed E-state index contributed by atoms with van der Waals surface area (Å²) < 4.78 is 112. The van der Waals surface area contributed by atoms with Crippen LogP contribution in [0, 0.1) is 6.92 Å². The zero-order valence-electron chi connectivity index (χ0n) is 15.4. The lowest BCUT2D eigenvalue weighted by Gasteiger charge is -2.41. The molecule has 1 unspecified atom stereocenters. The molecule has 2 aromatic rings. The quantitative estimate of drug-likeness (QED) is 0.518. The van der Waals surface area contributed by atoms with Crippen LogP contribution >= 0.6 is 10.2 Å². The number of aliphatic carboxylic acids is 1. The number of hydrogen-bond acceptors (Lipinski definition) is 3. The summed E-state index contributed by atoms with van der Waals surface area (Å²) in [7, 11) is -10.3. The molecule has 0 bridgehead atoms. The SMILES string of the molecule is Cc1cccnc1Cc1cc(S(F)(F)(F)(F)F)cc2c1OC(C(F)(F)F)C(C(=O)O)=C2. The van der Waals surface area contributed by atoms with E-state index in [1.54, 1.807) is 0 Å². The third-order valence-electron chi connectivity index (χ3n) is 4.46. The van der Waals surface area contributed by atoms with Crippen LogP contribution in [0.25, 0.3) is 6.08 Å². The number of carboxylic acids is 1. The minimum absolute atomic E-state index is 0.0154. The Balaban J connectivity index is 2.30. The van der Waals surface area contributed by atoms with E-state index in [1.165, 1.54) is 25.3 Å². The van der Waals surface area contributed by atoms with E-state index in [4.69, 9.17) is 9.84 Å². The van der Waals surface area contributed by atoms with Gasteiger partial charge in [0.1, 0.15) is 10.6 Å². The maximum Gasteiger partial charge on any atom is 0.430 e. The van der Waals surface area contributed by atoms with Gasteiger partial charge < -0.3 is 9.84 Å². The van der Waals surface area contributed by atoms with Gasteiger partial charge in [-0.1, -0.05) is 25.5 Å². The number of ether oxygens (including phenoxy) is 1. The second-order valence-corrected chi connectivity index (χ2v) is 9.27. The van der Waals surface area contributed by atoms with E-state index < -0.39 is 62.2 Å². The van der Waals surface area contributed by atoms with Gasteiger partial charge in [0.15, 0.2) is 0 Å². The molecule has 1 aliphatic rings. The van der Waals surface area contributed by atoms with Crippen molar-refractivity contribution in [1.82, 2.24) is 4.98 Å². The molecule has 0 spiro atoms. The minimum Gasteiger partial charge on any atom is -0.478 e. The highest BCUT2D eigenvalue weighted by Crippen LogP contribution is 3.02.